The zero-order chi connectivity index (χ0) is 19.4. The van der Waals surface area contributed by atoms with Crippen molar-refractivity contribution in [2.24, 2.45) is 0 Å². The van der Waals surface area contributed by atoms with Crippen molar-refractivity contribution in [2.75, 3.05) is 0 Å². The number of hydrogen-bond donors (Lipinski definition) is 1. The smallest absolute Gasteiger partial charge is 0.0620 e. The van der Waals surface area contributed by atoms with Gasteiger partial charge in [-0.2, -0.15) is 0 Å². The van der Waals surface area contributed by atoms with Crippen LogP contribution in [0.3, 0.4) is 0 Å². The van der Waals surface area contributed by atoms with Crippen molar-refractivity contribution in [3.05, 3.63) is 91.0 Å². The molecule has 1 N–H and O–H groups in total. The number of benzene rings is 5. The van der Waals surface area contributed by atoms with Gasteiger partial charge in [-0.1, -0.05) is 60.7 Å². The molecule has 8 aromatic rings. The molecule has 0 amide bonds. The molecule has 0 radical (unpaired) electrons. The predicted molar refractivity (Wildman–Crippen MR) is 128 cm³/mol. The lowest BCUT2D eigenvalue weighted by molar-refractivity contribution is 1.37. The fourth-order valence-electron chi connectivity index (χ4n) is 5.60. The average molecular weight is 380 g/mol. The van der Waals surface area contributed by atoms with Crippen LogP contribution in [-0.2, 0) is 0 Å². The standard InChI is InChI=1S/C28H16N2/c1-3-10-23-20(7-1)27-21-15-26-22(14-16(21)12-13-24(27)29-23)19-9-5-8-18-17-6-2-4-11-25(17)30(26)28(18)19/h1-15,29H. The molecule has 3 aromatic heterocycles. The third-order valence-corrected chi connectivity index (χ3v) is 6.83. The van der Waals surface area contributed by atoms with Crippen LogP contribution in [0.25, 0.3) is 70.7 Å². The van der Waals surface area contributed by atoms with Gasteiger partial charge in [0.15, 0.2) is 0 Å². The lowest BCUT2D eigenvalue weighted by atomic mass is 10.0. The molecule has 138 valence electrons. The number of hydrogen-bond acceptors (Lipinski definition) is 0. The van der Waals surface area contributed by atoms with Gasteiger partial charge in [0.05, 0.1) is 16.6 Å². The zero-order valence-corrected chi connectivity index (χ0v) is 16.1. The van der Waals surface area contributed by atoms with E-state index >= 15 is 0 Å². The van der Waals surface area contributed by atoms with Crippen molar-refractivity contribution < 1.29 is 0 Å². The van der Waals surface area contributed by atoms with E-state index in [4.69, 9.17) is 0 Å². The first kappa shape index (κ1) is 14.9. The Kier molecular flexibility index (Phi) is 2.44. The van der Waals surface area contributed by atoms with Crippen LogP contribution in [-0.4, -0.2) is 9.38 Å². The summed E-state index contributed by atoms with van der Waals surface area (Å²) in [6.45, 7) is 0. The number of nitrogens with zero attached hydrogens (tertiary/aromatic N) is 1. The number of rotatable bonds is 0. The van der Waals surface area contributed by atoms with Crippen LogP contribution in [0.2, 0.25) is 0 Å². The van der Waals surface area contributed by atoms with Gasteiger partial charge in [-0.25, -0.2) is 0 Å². The fraction of sp³-hybridized carbons (Fsp3) is 0. The van der Waals surface area contributed by atoms with E-state index in [2.05, 4.69) is 100 Å². The summed E-state index contributed by atoms with van der Waals surface area (Å²) in [6.07, 6.45) is 0. The van der Waals surface area contributed by atoms with Gasteiger partial charge in [0.2, 0.25) is 0 Å². The van der Waals surface area contributed by atoms with Gasteiger partial charge in [-0.3, -0.25) is 0 Å². The summed E-state index contributed by atoms with van der Waals surface area (Å²) in [5.74, 6) is 0. The molecule has 5 aromatic carbocycles. The van der Waals surface area contributed by atoms with Crippen LogP contribution in [0.1, 0.15) is 0 Å². The highest BCUT2D eigenvalue weighted by Crippen LogP contribution is 2.41. The van der Waals surface area contributed by atoms with E-state index in [-0.39, 0.29) is 0 Å². The van der Waals surface area contributed by atoms with Crippen LogP contribution in [0, 0.1) is 0 Å². The van der Waals surface area contributed by atoms with Crippen molar-refractivity contribution in [3.8, 4) is 0 Å². The molecule has 0 unspecified atom stereocenters. The van der Waals surface area contributed by atoms with Crippen LogP contribution >= 0.6 is 0 Å². The van der Waals surface area contributed by atoms with Crippen molar-refractivity contribution in [1.29, 1.82) is 0 Å². The quantitative estimate of drug-likeness (QED) is 0.279. The van der Waals surface area contributed by atoms with Gasteiger partial charge >= 0.3 is 0 Å². The average Bonchev–Trinajstić information content (AvgIpc) is 3.44. The maximum Gasteiger partial charge on any atom is 0.0620 e. The molecule has 0 saturated carbocycles. The molecule has 0 aliphatic carbocycles. The molecule has 0 atom stereocenters. The molecule has 0 spiro atoms. The van der Waals surface area contributed by atoms with E-state index in [1.807, 2.05) is 0 Å². The predicted octanol–water partition coefficient (Wildman–Crippen LogP) is 7.62. The molecule has 0 fully saturated rings. The van der Waals surface area contributed by atoms with Gasteiger partial charge < -0.3 is 9.38 Å². The Morgan fingerprint density at radius 1 is 0.500 bits per heavy atom. The second kappa shape index (κ2) is 4.92. The SMILES string of the molecule is c1ccc2c(c1)[nH]c1ccc3cc4c5cccc6c7ccccc7n(c4cc3c12)c65. The highest BCUT2D eigenvalue weighted by Gasteiger charge is 2.18. The summed E-state index contributed by atoms with van der Waals surface area (Å²) < 4.78 is 2.46. The summed E-state index contributed by atoms with van der Waals surface area (Å²) >= 11 is 0. The Balaban J connectivity index is 1.70. The first-order valence-corrected chi connectivity index (χ1v) is 10.4. The number of nitrogens with one attached hydrogen (secondary N) is 1. The second-order valence-electron chi connectivity index (χ2n) is 8.30. The Labute approximate surface area is 171 Å². The molecule has 0 bridgehead atoms. The monoisotopic (exact) mass is 380 g/mol. The van der Waals surface area contributed by atoms with Crippen LogP contribution in [0.4, 0.5) is 0 Å². The number of H-pyrrole nitrogens is 1. The third-order valence-electron chi connectivity index (χ3n) is 6.83. The Morgan fingerprint density at radius 3 is 2.20 bits per heavy atom. The molecule has 2 nitrogen and oxygen atoms in total. The molecule has 0 aliphatic rings. The first-order chi connectivity index (χ1) is 14.9. The Morgan fingerprint density at radius 2 is 1.27 bits per heavy atom. The van der Waals surface area contributed by atoms with E-state index < -0.39 is 0 Å². The first-order valence-electron chi connectivity index (χ1n) is 10.4. The van der Waals surface area contributed by atoms with Crippen molar-refractivity contribution in [2.45, 2.75) is 0 Å². The topological polar surface area (TPSA) is 20.2 Å². The maximum absolute atomic E-state index is 3.59. The minimum atomic E-state index is 1.19. The van der Waals surface area contributed by atoms with Crippen LogP contribution < -0.4 is 0 Å². The maximum atomic E-state index is 3.59. The summed E-state index contributed by atoms with van der Waals surface area (Å²) in [6, 6.07) is 33.3. The molecule has 0 saturated heterocycles. The molecular formula is C28H16N2. The van der Waals surface area contributed by atoms with Gasteiger partial charge in [0.1, 0.15) is 0 Å². The number of fused-ring (bicyclic) bond motifs is 11. The molecule has 30 heavy (non-hydrogen) atoms. The zero-order valence-electron chi connectivity index (χ0n) is 16.1. The van der Waals surface area contributed by atoms with Crippen molar-refractivity contribution >= 4 is 70.7 Å². The summed E-state index contributed by atoms with van der Waals surface area (Å²) in [5, 5.41) is 10.5. The summed E-state index contributed by atoms with van der Waals surface area (Å²) in [7, 11) is 0. The Bertz CT molecular complexity index is 1950. The second-order valence-corrected chi connectivity index (χ2v) is 8.30. The van der Waals surface area contributed by atoms with Gasteiger partial charge in [0, 0.05) is 43.4 Å². The van der Waals surface area contributed by atoms with E-state index in [9.17, 15) is 0 Å². The highest BCUT2D eigenvalue weighted by atomic mass is 14.9. The van der Waals surface area contributed by atoms with Gasteiger partial charge in [-0.05, 0) is 41.1 Å². The minimum absolute atomic E-state index is 1.19. The summed E-state index contributed by atoms with van der Waals surface area (Å²) in [5.41, 5.74) is 6.29. The van der Waals surface area contributed by atoms with E-state index in [0.29, 0.717) is 0 Å². The summed E-state index contributed by atoms with van der Waals surface area (Å²) in [4.78, 5) is 3.59. The Hall–Kier alpha value is -4.04. The fourth-order valence-corrected chi connectivity index (χ4v) is 5.60. The van der Waals surface area contributed by atoms with Crippen molar-refractivity contribution in [3.63, 3.8) is 0 Å². The lowest BCUT2D eigenvalue weighted by Gasteiger charge is -2.04. The number of para-hydroxylation sites is 3. The third kappa shape index (κ3) is 1.60. The molecule has 0 aliphatic heterocycles. The molecule has 3 heterocycles. The molecule has 2 heteroatoms. The van der Waals surface area contributed by atoms with E-state index in [1.165, 1.54) is 70.7 Å². The minimum Gasteiger partial charge on any atom is -0.354 e. The lowest BCUT2D eigenvalue weighted by Crippen LogP contribution is -1.82. The van der Waals surface area contributed by atoms with Crippen LogP contribution in [0.5, 0.6) is 0 Å². The number of aromatic nitrogens is 2. The van der Waals surface area contributed by atoms with E-state index in [1.54, 1.807) is 0 Å². The molecular weight excluding hydrogens is 364 g/mol. The van der Waals surface area contributed by atoms with Crippen molar-refractivity contribution in [1.82, 2.24) is 9.38 Å². The number of aromatic amines is 1. The largest absolute Gasteiger partial charge is 0.354 e. The van der Waals surface area contributed by atoms with E-state index in [0.717, 1.165) is 0 Å². The highest BCUT2D eigenvalue weighted by molar-refractivity contribution is 6.27. The normalized spacial score (nSPS) is 12.7. The van der Waals surface area contributed by atoms with Crippen LogP contribution in [0.15, 0.2) is 91.0 Å². The van der Waals surface area contributed by atoms with Gasteiger partial charge in [-0.15, -0.1) is 0 Å². The molecule has 8 rings (SSSR count). The van der Waals surface area contributed by atoms with Gasteiger partial charge in [0.25, 0.3) is 0 Å².